The summed E-state index contributed by atoms with van der Waals surface area (Å²) in [5.74, 6) is 4.40. The Bertz CT molecular complexity index is 1340. The number of aromatic nitrogens is 2. The number of benzene rings is 1. The van der Waals surface area contributed by atoms with Crippen LogP contribution in [0.2, 0.25) is 0 Å². The molecular weight excluding hydrogens is 504 g/mol. The maximum atomic E-state index is 14.0. The van der Waals surface area contributed by atoms with E-state index in [0.717, 1.165) is 34.0 Å². The summed E-state index contributed by atoms with van der Waals surface area (Å²) in [4.78, 5) is 60.6. The minimum Gasteiger partial charge on any atom is -0.345 e. The van der Waals surface area contributed by atoms with Crippen molar-refractivity contribution in [1.82, 2.24) is 19.9 Å². The number of amides is 3. The quantitative estimate of drug-likeness (QED) is 0.131. The van der Waals surface area contributed by atoms with Gasteiger partial charge in [-0.25, -0.2) is 15.6 Å². The van der Waals surface area contributed by atoms with Gasteiger partial charge in [0.05, 0.1) is 11.6 Å². The largest absolute Gasteiger partial charge is 0.345 e. The van der Waals surface area contributed by atoms with Crippen LogP contribution in [0.25, 0.3) is 10.9 Å². The standard InChI is InChI=1S/C27H34N6O4S/c1-16(2)11-20(14-34)32(24(35)21-15-38-27(29-21)31(13-17(3)4)19-9-10-19)25(36)23-12-18-7-5-6-8-22(18)33(23)26(37)30-28/h5-8,12,14-17,19-20H,9-11,13,28H2,1-4H3,(H,30,37)/t20-/m0/s1. The molecule has 0 saturated heterocycles. The van der Waals surface area contributed by atoms with Gasteiger partial charge in [-0.05, 0) is 43.2 Å². The van der Waals surface area contributed by atoms with Crippen LogP contribution < -0.4 is 16.2 Å². The van der Waals surface area contributed by atoms with Gasteiger partial charge in [0.25, 0.3) is 11.8 Å². The van der Waals surface area contributed by atoms with E-state index in [9.17, 15) is 19.2 Å². The predicted molar refractivity (Wildman–Crippen MR) is 147 cm³/mol. The number of nitrogens with zero attached hydrogens (tertiary/aromatic N) is 4. The number of hydrazine groups is 1. The van der Waals surface area contributed by atoms with Crippen molar-refractivity contribution in [3.8, 4) is 0 Å². The Morgan fingerprint density at radius 2 is 1.87 bits per heavy atom. The van der Waals surface area contributed by atoms with Gasteiger partial charge in [0.15, 0.2) is 5.13 Å². The second kappa shape index (κ2) is 11.4. The maximum Gasteiger partial charge on any atom is 0.340 e. The lowest BCUT2D eigenvalue weighted by Crippen LogP contribution is -2.48. The van der Waals surface area contributed by atoms with Gasteiger partial charge in [-0.3, -0.25) is 24.5 Å². The predicted octanol–water partition coefficient (Wildman–Crippen LogP) is 4.05. The highest BCUT2D eigenvalue weighted by molar-refractivity contribution is 7.14. The second-order valence-electron chi connectivity index (χ2n) is 10.5. The molecule has 3 N–H and O–H groups in total. The van der Waals surface area contributed by atoms with Crippen molar-refractivity contribution in [1.29, 1.82) is 0 Å². The summed E-state index contributed by atoms with van der Waals surface area (Å²) in [6, 6.07) is 7.07. The lowest BCUT2D eigenvalue weighted by molar-refractivity contribution is -0.111. The van der Waals surface area contributed by atoms with Crippen LogP contribution in [-0.4, -0.2) is 57.2 Å². The van der Waals surface area contributed by atoms with E-state index < -0.39 is 23.9 Å². The average molecular weight is 539 g/mol. The Kier molecular flexibility index (Phi) is 8.27. The van der Waals surface area contributed by atoms with E-state index in [2.05, 4.69) is 29.2 Å². The van der Waals surface area contributed by atoms with Crippen LogP contribution in [0.5, 0.6) is 0 Å². The van der Waals surface area contributed by atoms with Crippen LogP contribution in [-0.2, 0) is 4.79 Å². The zero-order valence-electron chi connectivity index (χ0n) is 22.1. The lowest BCUT2D eigenvalue weighted by atomic mass is 10.0. The fourth-order valence-corrected chi connectivity index (χ4v) is 5.48. The molecule has 0 radical (unpaired) electrons. The molecule has 4 rings (SSSR count). The molecule has 0 unspecified atom stereocenters. The fraction of sp³-hybridized carbons (Fsp3) is 0.444. The van der Waals surface area contributed by atoms with Crippen LogP contribution in [0.15, 0.2) is 35.7 Å². The molecule has 2 aromatic heterocycles. The number of anilines is 1. The number of fused-ring (bicyclic) bond motifs is 1. The molecule has 1 atom stereocenters. The number of nitrogens with two attached hydrogens (primary N) is 1. The van der Waals surface area contributed by atoms with Gasteiger partial charge in [0.1, 0.15) is 17.7 Å². The summed E-state index contributed by atoms with van der Waals surface area (Å²) in [6.45, 7) is 8.89. The summed E-state index contributed by atoms with van der Waals surface area (Å²) in [5.41, 5.74) is 2.52. The molecule has 1 saturated carbocycles. The van der Waals surface area contributed by atoms with Crippen LogP contribution in [0.3, 0.4) is 0 Å². The highest BCUT2D eigenvalue weighted by atomic mass is 32.1. The minimum absolute atomic E-state index is 0.0221. The molecule has 38 heavy (non-hydrogen) atoms. The van der Waals surface area contributed by atoms with Gasteiger partial charge in [0.2, 0.25) is 0 Å². The Morgan fingerprint density at radius 1 is 1.16 bits per heavy atom. The molecule has 1 aromatic carbocycles. The summed E-state index contributed by atoms with van der Waals surface area (Å²) < 4.78 is 1.12. The highest BCUT2D eigenvalue weighted by Gasteiger charge is 2.37. The van der Waals surface area contributed by atoms with Crippen molar-refractivity contribution in [3.63, 3.8) is 0 Å². The number of nitrogens with one attached hydrogen (secondary N) is 1. The molecule has 1 aliphatic rings. The number of carbonyl (C=O) groups excluding carboxylic acids is 4. The number of nitrogen functional groups attached to an aromatic ring is 1. The third kappa shape index (κ3) is 5.63. The van der Waals surface area contributed by atoms with Crippen LogP contribution in [0.1, 0.15) is 67.9 Å². The zero-order chi connectivity index (χ0) is 27.6. The third-order valence-corrected chi connectivity index (χ3v) is 7.28. The first-order valence-corrected chi connectivity index (χ1v) is 13.7. The molecule has 11 heteroatoms. The summed E-state index contributed by atoms with van der Waals surface area (Å²) in [6.07, 6.45) is 3.03. The van der Waals surface area contributed by atoms with E-state index in [4.69, 9.17) is 5.84 Å². The van der Waals surface area contributed by atoms with Crippen molar-refractivity contribution in [2.24, 2.45) is 17.7 Å². The van der Waals surface area contributed by atoms with E-state index >= 15 is 0 Å². The molecule has 0 bridgehead atoms. The van der Waals surface area contributed by atoms with Crippen molar-refractivity contribution >= 4 is 51.5 Å². The van der Waals surface area contributed by atoms with E-state index in [1.165, 1.54) is 17.4 Å². The first-order valence-electron chi connectivity index (χ1n) is 12.8. The van der Waals surface area contributed by atoms with Gasteiger partial charge in [-0.1, -0.05) is 45.9 Å². The Labute approximate surface area is 225 Å². The maximum absolute atomic E-state index is 14.0. The second-order valence-corrected chi connectivity index (χ2v) is 11.3. The molecule has 3 aromatic rings. The van der Waals surface area contributed by atoms with Crippen molar-refractivity contribution < 1.29 is 19.2 Å². The molecular formula is C27H34N6O4S. The van der Waals surface area contributed by atoms with Gasteiger partial charge >= 0.3 is 6.03 Å². The third-order valence-electron chi connectivity index (χ3n) is 6.40. The lowest BCUT2D eigenvalue weighted by Gasteiger charge is -2.27. The highest BCUT2D eigenvalue weighted by Crippen LogP contribution is 2.34. The van der Waals surface area contributed by atoms with E-state index in [-0.39, 0.29) is 23.7 Å². The van der Waals surface area contributed by atoms with Crippen LogP contribution >= 0.6 is 11.3 Å². The smallest absolute Gasteiger partial charge is 0.340 e. The number of hydrogen-bond donors (Lipinski definition) is 2. The average Bonchev–Trinajstić information content (AvgIpc) is 3.47. The Morgan fingerprint density at radius 3 is 2.47 bits per heavy atom. The Balaban J connectivity index is 1.77. The number of rotatable bonds is 10. The molecule has 2 heterocycles. The van der Waals surface area contributed by atoms with Crippen LogP contribution in [0, 0.1) is 11.8 Å². The molecule has 0 spiro atoms. The summed E-state index contributed by atoms with van der Waals surface area (Å²) in [5, 5.41) is 2.97. The number of imide groups is 1. The topological polar surface area (TPSA) is 131 Å². The van der Waals surface area contributed by atoms with Crippen molar-refractivity contribution in [3.05, 3.63) is 47.1 Å². The number of para-hydroxylation sites is 1. The number of carbonyl (C=O) groups is 4. The first-order chi connectivity index (χ1) is 18.2. The van der Waals surface area contributed by atoms with Crippen molar-refractivity contribution in [2.75, 3.05) is 11.4 Å². The molecule has 1 aliphatic carbocycles. The summed E-state index contributed by atoms with van der Waals surface area (Å²) >= 11 is 1.35. The SMILES string of the molecule is CC(C)C[C@@H](C=O)N(C(=O)c1csc(N(CC(C)C)C2CC2)n1)C(=O)c1cc2ccccc2n1C(=O)NN. The van der Waals surface area contributed by atoms with E-state index in [1.54, 1.807) is 29.6 Å². The molecule has 10 nitrogen and oxygen atoms in total. The fourth-order valence-electron chi connectivity index (χ4n) is 4.60. The number of hydrogen-bond acceptors (Lipinski definition) is 8. The van der Waals surface area contributed by atoms with Gasteiger partial charge in [0, 0.05) is 23.4 Å². The van der Waals surface area contributed by atoms with Crippen molar-refractivity contribution in [2.45, 2.75) is 59.0 Å². The normalized spacial score (nSPS) is 14.1. The Hall–Kier alpha value is -3.57. The van der Waals surface area contributed by atoms with Gasteiger partial charge < -0.3 is 9.69 Å². The zero-order valence-corrected chi connectivity index (χ0v) is 22.9. The molecule has 0 aliphatic heterocycles. The number of thiazole rings is 1. The van der Waals surface area contributed by atoms with E-state index in [1.807, 2.05) is 13.8 Å². The van der Waals surface area contributed by atoms with E-state index in [0.29, 0.717) is 29.1 Å². The number of aldehydes is 1. The molecule has 1 fully saturated rings. The monoisotopic (exact) mass is 538 g/mol. The summed E-state index contributed by atoms with van der Waals surface area (Å²) in [7, 11) is 0. The molecule has 202 valence electrons. The van der Waals surface area contributed by atoms with Crippen LogP contribution in [0.4, 0.5) is 9.93 Å². The minimum atomic E-state index is -1.04. The molecule has 3 amide bonds. The first kappa shape index (κ1) is 27.5. The van der Waals surface area contributed by atoms with Gasteiger partial charge in [-0.2, -0.15) is 0 Å². The van der Waals surface area contributed by atoms with Gasteiger partial charge in [-0.15, -0.1) is 11.3 Å².